The fraction of sp³-hybridized carbons (Fsp3) is 0.150. The Hall–Kier alpha value is -3.81. The highest BCUT2D eigenvalue weighted by Crippen LogP contribution is 2.30. The number of hydrogen-bond acceptors (Lipinski definition) is 8. The van der Waals surface area contributed by atoms with Gasteiger partial charge in [-0.3, -0.25) is 0 Å². The smallest absolute Gasteiger partial charge is 0.337 e. The molecular weight excluding hydrogens is 360 g/mol. The summed E-state index contributed by atoms with van der Waals surface area (Å²) in [6.07, 6.45) is 1.63. The minimum Gasteiger partial charge on any atom is -0.493 e. The molecule has 0 atom stereocenters. The molecule has 0 fully saturated rings. The van der Waals surface area contributed by atoms with Crippen molar-refractivity contribution in [1.82, 2.24) is 9.97 Å². The van der Waals surface area contributed by atoms with Gasteiger partial charge in [0.1, 0.15) is 5.82 Å². The van der Waals surface area contributed by atoms with Gasteiger partial charge < -0.3 is 24.8 Å². The quantitative estimate of drug-likeness (QED) is 0.598. The summed E-state index contributed by atoms with van der Waals surface area (Å²) in [6.45, 7) is 0. The van der Waals surface area contributed by atoms with E-state index in [-0.39, 0.29) is 0 Å². The van der Waals surface area contributed by atoms with E-state index in [9.17, 15) is 4.79 Å². The SMILES string of the molecule is COC(=O)c1cccc(Nc2ccnc(Nc3ccc(OC)c(OC)c3)n2)c1. The van der Waals surface area contributed by atoms with Crippen LogP contribution in [0.4, 0.5) is 23.1 Å². The molecule has 0 aliphatic heterocycles. The Balaban J connectivity index is 1.77. The molecule has 3 aromatic rings. The summed E-state index contributed by atoms with van der Waals surface area (Å²) in [7, 11) is 4.50. The van der Waals surface area contributed by atoms with Crippen molar-refractivity contribution in [2.24, 2.45) is 0 Å². The van der Waals surface area contributed by atoms with Gasteiger partial charge in [-0.15, -0.1) is 0 Å². The van der Waals surface area contributed by atoms with E-state index in [4.69, 9.17) is 14.2 Å². The zero-order valence-electron chi connectivity index (χ0n) is 15.7. The van der Waals surface area contributed by atoms with E-state index in [1.807, 2.05) is 12.1 Å². The molecule has 2 N–H and O–H groups in total. The second kappa shape index (κ2) is 8.72. The van der Waals surface area contributed by atoms with Crippen molar-refractivity contribution in [2.45, 2.75) is 0 Å². The lowest BCUT2D eigenvalue weighted by atomic mass is 10.2. The molecule has 0 saturated carbocycles. The highest BCUT2D eigenvalue weighted by atomic mass is 16.5. The lowest BCUT2D eigenvalue weighted by Gasteiger charge is -2.11. The fourth-order valence-electron chi connectivity index (χ4n) is 2.52. The Bertz CT molecular complexity index is 978. The predicted octanol–water partition coefficient (Wildman–Crippen LogP) is 3.77. The minimum atomic E-state index is -0.401. The number of nitrogens with one attached hydrogen (secondary N) is 2. The number of rotatable bonds is 7. The molecule has 0 aliphatic rings. The molecule has 0 radical (unpaired) electrons. The van der Waals surface area contributed by atoms with Gasteiger partial charge in [0, 0.05) is 23.6 Å². The lowest BCUT2D eigenvalue weighted by Crippen LogP contribution is -2.03. The number of hydrogen-bond donors (Lipinski definition) is 2. The number of aromatic nitrogens is 2. The van der Waals surface area contributed by atoms with Crippen LogP contribution in [0.5, 0.6) is 11.5 Å². The van der Waals surface area contributed by atoms with Gasteiger partial charge in [0.25, 0.3) is 0 Å². The van der Waals surface area contributed by atoms with E-state index in [1.165, 1.54) is 7.11 Å². The topological polar surface area (TPSA) is 94.6 Å². The lowest BCUT2D eigenvalue weighted by molar-refractivity contribution is 0.0601. The van der Waals surface area contributed by atoms with Crippen LogP contribution in [0.3, 0.4) is 0 Å². The highest BCUT2D eigenvalue weighted by molar-refractivity contribution is 5.90. The van der Waals surface area contributed by atoms with Gasteiger partial charge in [-0.2, -0.15) is 4.98 Å². The van der Waals surface area contributed by atoms with Crippen LogP contribution >= 0.6 is 0 Å². The number of benzene rings is 2. The number of esters is 1. The average molecular weight is 380 g/mol. The molecule has 0 unspecified atom stereocenters. The molecule has 8 nitrogen and oxygen atoms in total. The Morgan fingerprint density at radius 1 is 0.893 bits per heavy atom. The van der Waals surface area contributed by atoms with Crippen LogP contribution in [0.15, 0.2) is 54.7 Å². The Kier molecular flexibility index (Phi) is 5.91. The second-order valence-electron chi connectivity index (χ2n) is 5.66. The highest BCUT2D eigenvalue weighted by Gasteiger charge is 2.08. The summed E-state index contributed by atoms with van der Waals surface area (Å²) in [4.78, 5) is 20.3. The first-order valence-electron chi connectivity index (χ1n) is 8.40. The van der Waals surface area contributed by atoms with Crippen molar-refractivity contribution >= 4 is 29.1 Å². The van der Waals surface area contributed by atoms with E-state index in [2.05, 4.69) is 20.6 Å². The molecular formula is C20H20N4O4. The average Bonchev–Trinajstić information content (AvgIpc) is 2.73. The maximum Gasteiger partial charge on any atom is 0.337 e. The summed E-state index contributed by atoms with van der Waals surface area (Å²) >= 11 is 0. The van der Waals surface area contributed by atoms with Crippen molar-refractivity contribution in [1.29, 1.82) is 0 Å². The first kappa shape index (κ1) is 19.0. The van der Waals surface area contributed by atoms with E-state index in [1.54, 1.807) is 56.8 Å². The third-order valence-electron chi connectivity index (χ3n) is 3.85. The van der Waals surface area contributed by atoms with Crippen LogP contribution in [0.1, 0.15) is 10.4 Å². The molecule has 0 amide bonds. The van der Waals surface area contributed by atoms with Crippen LogP contribution in [-0.2, 0) is 4.74 Å². The summed E-state index contributed by atoms with van der Waals surface area (Å²) in [6, 6.07) is 14.1. The Labute approximate surface area is 162 Å². The number of anilines is 4. The largest absolute Gasteiger partial charge is 0.493 e. The standard InChI is InChI=1S/C20H20N4O4/c1-26-16-8-7-15(12-17(16)27-2)23-20-21-10-9-18(24-20)22-14-6-4-5-13(11-14)19(25)28-3/h4-12H,1-3H3,(H2,21,22,23,24). The normalized spacial score (nSPS) is 10.1. The molecule has 3 rings (SSSR count). The number of carbonyl (C=O) groups excluding carboxylic acids is 1. The van der Waals surface area contributed by atoms with Gasteiger partial charge in [0.2, 0.25) is 5.95 Å². The van der Waals surface area contributed by atoms with E-state index >= 15 is 0 Å². The van der Waals surface area contributed by atoms with Gasteiger partial charge in [0.15, 0.2) is 11.5 Å². The third-order valence-corrected chi connectivity index (χ3v) is 3.85. The van der Waals surface area contributed by atoms with Crippen molar-refractivity contribution in [3.8, 4) is 11.5 Å². The maximum absolute atomic E-state index is 11.7. The molecule has 144 valence electrons. The van der Waals surface area contributed by atoms with Gasteiger partial charge in [-0.1, -0.05) is 6.07 Å². The first-order chi connectivity index (χ1) is 13.6. The third kappa shape index (κ3) is 4.47. The summed E-state index contributed by atoms with van der Waals surface area (Å²) in [5.74, 6) is 1.81. The predicted molar refractivity (Wildman–Crippen MR) is 106 cm³/mol. The minimum absolute atomic E-state index is 0.401. The molecule has 0 aliphatic carbocycles. The maximum atomic E-state index is 11.7. The number of methoxy groups -OCH3 is 3. The molecule has 1 heterocycles. The van der Waals surface area contributed by atoms with Crippen LogP contribution in [0, 0.1) is 0 Å². The van der Waals surface area contributed by atoms with Gasteiger partial charge in [0.05, 0.1) is 26.9 Å². The molecule has 2 aromatic carbocycles. The van der Waals surface area contributed by atoms with Crippen molar-refractivity contribution in [3.63, 3.8) is 0 Å². The van der Waals surface area contributed by atoms with Gasteiger partial charge >= 0.3 is 5.97 Å². The van der Waals surface area contributed by atoms with Crippen LogP contribution < -0.4 is 20.1 Å². The van der Waals surface area contributed by atoms with Crippen LogP contribution in [-0.4, -0.2) is 37.3 Å². The second-order valence-corrected chi connectivity index (χ2v) is 5.66. The first-order valence-corrected chi connectivity index (χ1v) is 8.40. The van der Waals surface area contributed by atoms with E-state index < -0.39 is 5.97 Å². The zero-order valence-corrected chi connectivity index (χ0v) is 15.7. The summed E-state index contributed by atoms with van der Waals surface area (Å²) in [5, 5.41) is 6.27. The number of nitrogens with zero attached hydrogens (tertiary/aromatic N) is 2. The monoisotopic (exact) mass is 380 g/mol. The molecule has 0 saturated heterocycles. The fourth-order valence-corrected chi connectivity index (χ4v) is 2.52. The molecule has 8 heteroatoms. The van der Waals surface area contributed by atoms with Crippen molar-refractivity contribution in [2.75, 3.05) is 32.0 Å². The molecule has 1 aromatic heterocycles. The van der Waals surface area contributed by atoms with Crippen molar-refractivity contribution in [3.05, 3.63) is 60.3 Å². The summed E-state index contributed by atoms with van der Waals surface area (Å²) < 4.78 is 15.3. The van der Waals surface area contributed by atoms with Crippen molar-refractivity contribution < 1.29 is 19.0 Å². The Morgan fingerprint density at radius 3 is 2.43 bits per heavy atom. The number of ether oxygens (including phenoxy) is 3. The van der Waals surface area contributed by atoms with Crippen LogP contribution in [0.2, 0.25) is 0 Å². The van der Waals surface area contributed by atoms with E-state index in [0.29, 0.717) is 34.5 Å². The summed E-state index contributed by atoms with van der Waals surface area (Å²) in [5.41, 5.74) is 1.91. The molecule has 0 spiro atoms. The van der Waals surface area contributed by atoms with Gasteiger partial charge in [-0.25, -0.2) is 9.78 Å². The van der Waals surface area contributed by atoms with E-state index in [0.717, 1.165) is 5.69 Å². The number of carbonyl (C=O) groups is 1. The zero-order chi connectivity index (χ0) is 19.9. The Morgan fingerprint density at radius 2 is 1.68 bits per heavy atom. The molecule has 0 bridgehead atoms. The molecule has 28 heavy (non-hydrogen) atoms. The van der Waals surface area contributed by atoms with Gasteiger partial charge in [-0.05, 0) is 36.4 Å². The van der Waals surface area contributed by atoms with Crippen LogP contribution in [0.25, 0.3) is 0 Å².